The third-order valence-electron chi connectivity index (χ3n) is 7.78. The summed E-state index contributed by atoms with van der Waals surface area (Å²) < 4.78 is 1.96. The maximum atomic E-state index is 13.0. The molecule has 4 bridgehead atoms. The predicted molar refractivity (Wildman–Crippen MR) is 124 cm³/mol. The van der Waals surface area contributed by atoms with E-state index in [1.165, 1.54) is 19.3 Å². The van der Waals surface area contributed by atoms with E-state index >= 15 is 0 Å². The van der Waals surface area contributed by atoms with Crippen molar-refractivity contribution in [1.82, 2.24) is 10.0 Å². The van der Waals surface area contributed by atoms with E-state index in [2.05, 4.69) is 5.48 Å². The van der Waals surface area contributed by atoms with Gasteiger partial charge in [0.25, 0.3) is 0 Å². The second-order valence-electron chi connectivity index (χ2n) is 10.1. The van der Waals surface area contributed by atoms with Crippen LogP contribution in [0.15, 0.2) is 24.3 Å². The molecule has 1 N–H and O–H groups in total. The van der Waals surface area contributed by atoms with Crippen molar-refractivity contribution in [2.75, 3.05) is 6.61 Å². The molecular weight excluding hydrogens is 447 g/mol. The zero-order valence-corrected chi connectivity index (χ0v) is 19.9. The van der Waals surface area contributed by atoms with Crippen molar-refractivity contribution in [2.45, 2.75) is 52.4 Å². The van der Waals surface area contributed by atoms with Crippen LogP contribution in [0.2, 0.25) is 10.0 Å². The minimum atomic E-state index is -0.290. The van der Waals surface area contributed by atoms with Gasteiger partial charge in [-0.3, -0.25) is 14.4 Å². The number of carbonyl (C=O) groups is 2. The number of benzene rings is 1. The number of Topliss-reactive ketones (excluding diaryl/α,β-unsaturated/α-hetero) is 1. The lowest BCUT2D eigenvalue weighted by atomic mass is 9.49. The van der Waals surface area contributed by atoms with Crippen LogP contribution in [0.5, 0.6) is 0 Å². The van der Waals surface area contributed by atoms with Gasteiger partial charge in [-0.15, -0.1) is 0 Å². The second kappa shape index (κ2) is 8.19. The van der Waals surface area contributed by atoms with E-state index in [1.807, 2.05) is 30.5 Å². The molecule has 1 heterocycles. The summed E-state index contributed by atoms with van der Waals surface area (Å²) in [6, 6.07) is 7.22. The summed E-state index contributed by atoms with van der Waals surface area (Å²) in [7, 11) is 0. The van der Waals surface area contributed by atoms with Gasteiger partial charge in [-0.1, -0.05) is 23.2 Å². The molecule has 1 amide bonds. The Labute approximate surface area is 198 Å². The first-order chi connectivity index (χ1) is 15.3. The first-order valence-corrected chi connectivity index (χ1v) is 12.1. The molecule has 4 fully saturated rings. The van der Waals surface area contributed by atoms with E-state index in [-0.39, 0.29) is 23.7 Å². The molecule has 6 rings (SSSR count). The van der Waals surface area contributed by atoms with Gasteiger partial charge in [0.1, 0.15) is 6.61 Å². The summed E-state index contributed by atoms with van der Waals surface area (Å²) in [5, 5.41) is 0.942. The Hall–Kier alpha value is -1.82. The highest BCUT2D eigenvalue weighted by molar-refractivity contribution is 6.42. The van der Waals surface area contributed by atoms with Crippen molar-refractivity contribution >= 4 is 34.9 Å². The Morgan fingerprint density at radius 3 is 2.25 bits per heavy atom. The number of aromatic nitrogens is 1. The van der Waals surface area contributed by atoms with Crippen LogP contribution in [0, 0.1) is 37.0 Å². The summed E-state index contributed by atoms with van der Waals surface area (Å²) in [4.78, 5) is 31.3. The van der Waals surface area contributed by atoms with Crippen LogP contribution in [0.1, 0.15) is 60.3 Å². The maximum Gasteiger partial charge on any atom is 0.249 e. The average molecular weight is 475 g/mol. The minimum Gasteiger partial charge on any atom is -0.318 e. The number of amides is 1. The van der Waals surface area contributed by atoms with Gasteiger partial charge in [-0.05, 0) is 94.4 Å². The van der Waals surface area contributed by atoms with Crippen molar-refractivity contribution in [3.8, 4) is 5.69 Å². The fourth-order valence-electron chi connectivity index (χ4n) is 6.81. The van der Waals surface area contributed by atoms with Gasteiger partial charge in [0.2, 0.25) is 5.91 Å². The molecule has 5 nitrogen and oxygen atoms in total. The summed E-state index contributed by atoms with van der Waals surface area (Å²) in [6.45, 7) is 3.63. The highest BCUT2D eigenvalue weighted by Gasteiger charge is 2.54. The molecule has 0 saturated heterocycles. The van der Waals surface area contributed by atoms with E-state index in [0.29, 0.717) is 33.4 Å². The maximum absolute atomic E-state index is 13.0. The van der Waals surface area contributed by atoms with Crippen molar-refractivity contribution in [2.24, 2.45) is 23.2 Å². The molecule has 1 aromatic heterocycles. The molecule has 0 spiro atoms. The Bertz CT molecular complexity index is 1060. The van der Waals surface area contributed by atoms with Gasteiger partial charge in [0.15, 0.2) is 5.78 Å². The van der Waals surface area contributed by atoms with Crippen LogP contribution in [-0.2, 0) is 9.63 Å². The Kier molecular flexibility index (Phi) is 5.63. The molecule has 1 aromatic carbocycles. The first-order valence-electron chi connectivity index (χ1n) is 11.4. The van der Waals surface area contributed by atoms with Gasteiger partial charge in [0, 0.05) is 22.6 Å². The third-order valence-corrected chi connectivity index (χ3v) is 8.52. The largest absolute Gasteiger partial charge is 0.318 e. The van der Waals surface area contributed by atoms with Crippen molar-refractivity contribution in [3.63, 3.8) is 0 Å². The molecule has 0 atom stereocenters. The topological polar surface area (TPSA) is 60.3 Å². The van der Waals surface area contributed by atoms with Crippen LogP contribution in [-0.4, -0.2) is 22.9 Å². The number of halogens is 2. The zero-order valence-electron chi connectivity index (χ0n) is 18.4. The Morgan fingerprint density at radius 2 is 1.66 bits per heavy atom. The van der Waals surface area contributed by atoms with Crippen LogP contribution in [0.25, 0.3) is 5.69 Å². The fraction of sp³-hybridized carbons (Fsp3) is 0.520. The van der Waals surface area contributed by atoms with E-state index in [0.717, 1.165) is 36.3 Å². The highest BCUT2D eigenvalue weighted by Crippen LogP contribution is 2.60. The number of ketones is 1. The molecule has 2 aromatic rings. The minimum absolute atomic E-state index is 0.0364. The number of nitrogens with zero attached hydrogens (tertiary/aromatic N) is 1. The van der Waals surface area contributed by atoms with Crippen molar-refractivity contribution in [3.05, 3.63) is 51.3 Å². The van der Waals surface area contributed by atoms with E-state index < -0.39 is 0 Å². The smallest absolute Gasteiger partial charge is 0.249 e. The van der Waals surface area contributed by atoms with Crippen LogP contribution >= 0.6 is 23.2 Å². The predicted octanol–water partition coefficient (Wildman–Crippen LogP) is 5.85. The molecule has 32 heavy (non-hydrogen) atoms. The van der Waals surface area contributed by atoms with Crippen molar-refractivity contribution in [1.29, 1.82) is 0 Å². The normalized spacial score (nSPS) is 28.2. The molecule has 4 saturated carbocycles. The lowest BCUT2D eigenvalue weighted by molar-refractivity contribution is -0.158. The summed E-state index contributed by atoms with van der Waals surface area (Å²) in [5.74, 6) is 1.84. The van der Waals surface area contributed by atoms with Gasteiger partial charge in [0.05, 0.1) is 15.5 Å². The summed E-state index contributed by atoms with van der Waals surface area (Å²) >= 11 is 12.2. The number of rotatable bonds is 6. The van der Waals surface area contributed by atoms with Gasteiger partial charge in [-0.2, -0.15) is 0 Å². The third kappa shape index (κ3) is 3.78. The van der Waals surface area contributed by atoms with Crippen LogP contribution in [0.4, 0.5) is 0 Å². The second-order valence-corrected chi connectivity index (χ2v) is 10.9. The Morgan fingerprint density at radius 1 is 1.03 bits per heavy atom. The number of hydrogen-bond acceptors (Lipinski definition) is 3. The highest BCUT2D eigenvalue weighted by atomic mass is 35.5. The molecule has 0 aliphatic heterocycles. The van der Waals surface area contributed by atoms with Gasteiger partial charge in [-0.25, -0.2) is 5.48 Å². The number of carbonyl (C=O) groups excluding carboxylic acids is 2. The van der Waals surface area contributed by atoms with E-state index in [1.54, 1.807) is 12.1 Å². The van der Waals surface area contributed by atoms with Crippen molar-refractivity contribution < 1.29 is 14.4 Å². The van der Waals surface area contributed by atoms with Gasteiger partial charge < -0.3 is 4.57 Å². The lowest BCUT2D eigenvalue weighted by Crippen LogP contribution is -2.53. The number of hydrogen-bond donors (Lipinski definition) is 1. The molecule has 170 valence electrons. The number of hydroxylamine groups is 1. The quantitative estimate of drug-likeness (QED) is 0.421. The molecule has 4 aliphatic carbocycles. The zero-order chi connectivity index (χ0) is 22.6. The van der Waals surface area contributed by atoms with E-state index in [4.69, 9.17) is 28.0 Å². The van der Waals surface area contributed by atoms with Gasteiger partial charge >= 0.3 is 0 Å². The average Bonchev–Trinajstić information content (AvgIpc) is 3.03. The standard InChI is InChI=1S/C25H28Cl2N2O3/c1-14-5-20(15(2)29(14)19-3-4-21(26)22(27)9-19)23(30)13-32-28-24(31)25-10-16-6-17(11-25)8-18(7-16)12-25/h3-5,9,16-18H,6-8,10-13H2,1-2H3,(H,28,31). The molecule has 7 heteroatoms. The van der Waals surface area contributed by atoms with Crippen LogP contribution in [0.3, 0.4) is 0 Å². The summed E-state index contributed by atoms with van der Waals surface area (Å²) in [6.07, 6.45) is 6.73. The lowest BCUT2D eigenvalue weighted by Gasteiger charge is -2.55. The SMILES string of the molecule is Cc1cc(C(=O)CONC(=O)C23CC4CC(CC(C4)C2)C3)c(C)n1-c1ccc(Cl)c(Cl)c1. The van der Waals surface area contributed by atoms with E-state index in [9.17, 15) is 9.59 Å². The molecule has 0 radical (unpaired) electrons. The van der Waals surface area contributed by atoms with Crippen LogP contribution < -0.4 is 5.48 Å². The molecule has 0 unspecified atom stereocenters. The summed E-state index contributed by atoms with van der Waals surface area (Å²) in [5.41, 5.74) is 5.44. The molecule has 4 aliphatic rings. The number of aryl methyl sites for hydroxylation is 1. The Balaban J connectivity index is 1.24. The molecular formula is C25H28Cl2N2O3. The number of nitrogens with one attached hydrogen (secondary N) is 1. The fourth-order valence-corrected chi connectivity index (χ4v) is 7.10. The first kappa shape index (κ1) is 22.0. The monoisotopic (exact) mass is 474 g/mol.